The van der Waals surface area contributed by atoms with Gasteiger partial charge in [0.1, 0.15) is 5.69 Å². The summed E-state index contributed by atoms with van der Waals surface area (Å²) in [5.74, 6) is -0.316. The summed E-state index contributed by atoms with van der Waals surface area (Å²) in [5.41, 5.74) is 0.994. The molecule has 0 saturated heterocycles. The van der Waals surface area contributed by atoms with Gasteiger partial charge in [-0.2, -0.15) is 4.52 Å². The zero-order chi connectivity index (χ0) is 17.6. The van der Waals surface area contributed by atoms with Crippen LogP contribution in [0.15, 0.2) is 23.1 Å². The van der Waals surface area contributed by atoms with Crippen LogP contribution in [0.1, 0.15) is 41.8 Å². The van der Waals surface area contributed by atoms with Crippen LogP contribution in [0.4, 0.5) is 5.13 Å². The molecule has 3 aromatic rings. The summed E-state index contributed by atoms with van der Waals surface area (Å²) in [7, 11) is 0. The molecule has 0 bridgehead atoms. The number of anilines is 1. The second-order valence-corrected chi connectivity index (χ2v) is 7.78. The van der Waals surface area contributed by atoms with Crippen molar-refractivity contribution in [1.29, 1.82) is 0 Å². The van der Waals surface area contributed by atoms with Crippen molar-refractivity contribution in [3.63, 3.8) is 0 Å². The first kappa shape index (κ1) is 16.4. The zero-order valence-electron chi connectivity index (χ0n) is 14.2. The number of amides is 1. The van der Waals surface area contributed by atoms with Gasteiger partial charge in [0.25, 0.3) is 11.5 Å². The fraction of sp³-hybridized carbons (Fsp3) is 0.375. The minimum atomic E-state index is -0.476. The highest BCUT2D eigenvalue weighted by atomic mass is 32.1. The van der Waals surface area contributed by atoms with Gasteiger partial charge in [-0.1, -0.05) is 0 Å². The molecule has 3 heterocycles. The Hall–Kier alpha value is -2.48. The van der Waals surface area contributed by atoms with Crippen molar-refractivity contribution in [3.05, 3.63) is 44.9 Å². The lowest BCUT2D eigenvalue weighted by atomic mass is 10.1. The van der Waals surface area contributed by atoms with Crippen molar-refractivity contribution in [2.24, 2.45) is 0 Å². The van der Waals surface area contributed by atoms with Gasteiger partial charge in [0.2, 0.25) is 0 Å². The monoisotopic (exact) mass is 345 g/mol. The summed E-state index contributed by atoms with van der Waals surface area (Å²) in [6, 6.07) is 3.00. The first-order valence-corrected chi connectivity index (χ1v) is 8.36. The third-order valence-corrected chi connectivity index (χ3v) is 4.65. The SMILES string of the molecule is Cc1nc(NC(=O)c2cc3nccc(=O)n3n2C(C)(C)C)sc1C. The number of carbonyl (C=O) groups excluding carboxylic acids is 1. The molecule has 0 atom stereocenters. The predicted octanol–water partition coefficient (Wildman–Crippen LogP) is 2.58. The van der Waals surface area contributed by atoms with Gasteiger partial charge in [-0.25, -0.2) is 9.97 Å². The van der Waals surface area contributed by atoms with Crippen molar-refractivity contribution in [2.75, 3.05) is 5.32 Å². The van der Waals surface area contributed by atoms with Crippen molar-refractivity contribution in [3.8, 4) is 0 Å². The van der Waals surface area contributed by atoms with E-state index in [-0.39, 0.29) is 11.5 Å². The Morgan fingerprint density at radius 1 is 1.29 bits per heavy atom. The summed E-state index contributed by atoms with van der Waals surface area (Å²) >= 11 is 1.42. The standard InChI is InChI=1S/C16H19N5O2S/c1-9-10(2)24-15(18-9)19-14(23)11-8-12-17-7-6-13(22)20(12)21(11)16(3,4)5/h6-8H,1-5H3,(H,18,19,23). The van der Waals surface area contributed by atoms with E-state index in [0.29, 0.717) is 16.5 Å². The highest BCUT2D eigenvalue weighted by Crippen LogP contribution is 2.24. The average Bonchev–Trinajstić information content (AvgIpc) is 3.00. The van der Waals surface area contributed by atoms with E-state index in [2.05, 4.69) is 15.3 Å². The number of nitrogens with zero attached hydrogens (tertiary/aromatic N) is 4. The van der Waals surface area contributed by atoms with Crippen LogP contribution in [0, 0.1) is 13.8 Å². The van der Waals surface area contributed by atoms with Crippen LogP contribution < -0.4 is 10.9 Å². The molecular formula is C16H19N5O2S. The maximum atomic E-state index is 12.8. The molecule has 8 heteroatoms. The van der Waals surface area contributed by atoms with Gasteiger partial charge < -0.3 is 0 Å². The summed E-state index contributed by atoms with van der Waals surface area (Å²) < 4.78 is 3.09. The maximum absolute atomic E-state index is 12.8. The number of fused-ring (bicyclic) bond motifs is 1. The van der Waals surface area contributed by atoms with Gasteiger partial charge in [0.05, 0.1) is 11.2 Å². The first-order chi connectivity index (χ1) is 11.2. The van der Waals surface area contributed by atoms with Crippen LogP contribution in [-0.4, -0.2) is 25.1 Å². The molecule has 0 radical (unpaired) electrons. The van der Waals surface area contributed by atoms with Crippen LogP contribution >= 0.6 is 11.3 Å². The number of aromatic nitrogens is 4. The topological polar surface area (TPSA) is 81.3 Å². The average molecular weight is 345 g/mol. The number of hydrogen-bond acceptors (Lipinski definition) is 5. The van der Waals surface area contributed by atoms with Crippen LogP contribution in [0.25, 0.3) is 5.65 Å². The Kier molecular flexibility index (Phi) is 3.79. The Bertz CT molecular complexity index is 971. The zero-order valence-corrected chi connectivity index (χ0v) is 15.1. The normalized spacial score (nSPS) is 11.9. The summed E-state index contributed by atoms with van der Waals surface area (Å²) in [6.07, 6.45) is 1.44. The third kappa shape index (κ3) is 2.73. The van der Waals surface area contributed by atoms with E-state index in [1.807, 2.05) is 34.6 Å². The molecule has 0 saturated carbocycles. The van der Waals surface area contributed by atoms with Crippen LogP contribution in [0.3, 0.4) is 0 Å². The van der Waals surface area contributed by atoms with Crippen molar-refractivity contribution in [1.82, 2.24) is 19.2 Å². The quantitative estimate of drug-likeness (QED) is 0.774. The number of aryl methyl sites for hydroxylation is 2. The highest BCUT2D eigenvalue weighted by Gasteiger charge is 2.26. The molecule has 0 aliphatic rings. The van der Waals surface area contributed by atoms with Gasteiger partial charge in [0, 0.05) is 23.2 Å². The van der Waals surface area contributed by atoms with Gasteiger partial charge in [-0.05, 0) is 34.6 Å². The second kappa shape index (κ2) is 5.55. The Morgan fingerprint density at radius 2 is 2.00 bits per heavy atom. The molecule has 7 nitrogen and oxygen atoms in total. The van der Waals surface area contributed by atoms with Crippen molar-refractivity contribution in [2.45, 2.75) is 40.2 Å². The molecule has 0 fully saturated rings. The van der Waals surface area contributed by atoms with E-state index in [0.717, 1.165) is 10.6 Å². The smallest absolute Gasteiger partial charge is 0.275 e. The largest absolute Gasteiger partial charge is 0.296 e. The van der Waals surface area contributed by atoms with Crippen LogP contribution in [0.5, 0.6) is 0 Å². The summed E-state index contributed by atoms with van der Waals surface area (Å²) in [5, 5.41) is 3.36. The Balaban J connectivity index is 2.13. The van der Waals surface area contributed by atoms with Gasteiger partial charge in [-0.3, -0.25) is 19.6 Å². The molecular weight excluding hydrogens is 326 g/mol. The van der Waals surface area contributed by atoms with Crippen molar-refractivity contribution >= 4 is 28.0 Å². The molecule has 0 aliphatic carbocycles. The molecule has 0 aliphatic heterocycles. The predicted molar refractivity (Wildman–Crippen MR) is 94.0 cm³/mol. The van der Waals surface area contributed by atoms with E-state index >= 15 is 0 Å². The number of carbonyl (C=O) groups is 1. The molecule has 1 amide bonds. The summed E-state index contributed by atoms with van der Waals surface area (Å²) in [6.45, 7) is 9.65. The fourth-order valence-corrected chi connectivity index (χ4v) is 3.33. The number of thiazole rings is 1. The highest BCUT2D eigenvalue weighted by molar-refractivity contribution is 7.15. The van der Waals surface area contributed by atoms with E-state index < -0.39 is 5.54 Å². The minimum absolute atomic E-state index is 0.227. The number of nitrogens with one attached hydrogen (secondary N) is 1. The number of rotatable bonds is 2. The van der Waals surface area contributed by atoms with Crippen LogP contribution in [-0.2, 0) is 5.54 Å². The van der Waals surface area contributed by atoms with E-state index in [1.165, 1.54) is 28.1 Å². The molecule has 0 aromatic carbocycles. The number of hydrogen-bond donors (Lipinski definition) is 1. The first-order valence-electron chi connectivity index (χ1n) is 7.54. The van der Waals surface area contributed by atoms with Crippen molar-refractivity contribution < 1.29 is 4.79 Å². The fourth-order valence-electron chi connectivity index (χ4n) is 2.52. The lowest BCUT2D eigenvalue weighted by Crippen LogP contribution is -2.35. The molecule has 3 aromatic heterocycles. The molecule has 126 valence electrons. The van der Waals surface area contributed by atoms with E-state index in [1.54, 1.807) is 10.7 Å². The third-order valence-electron chi connectivity index (χ3n) is 3.66. The molecule has 1 N–H and O–H groups in total. The lowest BCUT2D eigenvalue weighted by Gasteiger charge is -2.24. The minimum Gasteiger partial charge on any atom is -0.296 e. The lowest BCUT2D eigenvalue weighted by molar-refractivity contribution is 0.100. The molecule has 3 rings (SSSR count). The van der Waals surface area contributed by atoms with Crippen LogP contribution in [0.2, 0.25) is 0 Å². The van der Waals surface area contributed by atoms with Gasteiger partial charge in [-0.15, -0.1) is 11.3 Å². The Labute approximate surface area is 143 Å². The Morgan fingerprint density at radius 3 is 2.58 bits per heavy atom. The maximum Gasteiger partial charge on any atom is 0.275 e. The molecule has 24 heavy (non-hydrogen) atoms. The second-order valence-electron chi connectivity index (χ2n) is 6.58. The van der Waals surface area contributed by atoms with E-state index in [9.17, 15) is 9.59 Å². The summed E-state index contributed by atoms with van der Waals surface area (Å²) in [4.78, 5) is 34.6. The molecule has 0 spiro atoms. The van der Waals surface area contributed by atoms with Gasteiger partial charge >= 0.3 is 0 Å². The van der Waals surface area contributed by atoms with E-state index in [4.69, 9.17) is 0 Å². The molecule has 0 unspecified atom stereocenters. The van der Waals surface area contributed by atoms with Gasteiger partial charge in [0.15, 0.2) is 10.8 Å².